The lowest BCUT2D eigenvalue weighted by Crippen LogP contribution is -2.43. The van der Waals surface area contributed by atoms with Crippen molar-refractivity contribution in [3.05, 3.63) is 28.5 Å². The van der Waals surface area contributed by atoms with Crippen LogP contribution in [-0.2, 0) is 0 Å². The van der Waals surface area contributed by atoms with Gasteiger partial charge in [-0.15, -0.1) is 0 Å². The summed E-state index contributed by atoms with van der Waals surface area (Å²) in [7, 11) is 0. The number of carbonyl (C=O) groups is 1. The Kier molecular flexibility index (Phi) is 5.98. The van der Waals surface area contributed by atoms with Gasteiger partial charge in [-0.3, -0.25) is 14.7 Å². The number of halogens is 1. The number of hydrogen-bond acceptors (Lipinski definition) is 3. The maximum Gasteiger partial charge on any atom is 0.252 e. The largest absolute Gasteiger partial charge is 0.351 e. The van der Waals surface area contributed by atoms with Gasteiger partial charge in [-0.2, -0.15) is 0 Å². The summed E-state index contributed by atoms with van der Waals surface area (Å²) in [6, 6.07) is 2.48. The van der Waals surface area contributed by atoms with Crippen LogP contribution in [0.4, 0.5) is 0 Å². The van der Waals surface area contributed by atoms with Crippen molar-refractivity contribution in [2.75, 3.05) is 19.6 Å². The van der Waals surface area contributed by atoms with E-state index in [0.29, 0.717) is 18.2 Å². The molecule has 0 spiro atoms. The van der Waals surface area contributed by atoms with Crippen LogP contribution in [0.25, 0.3) is 0 Å². The van der Waals surface area contributed by atoms with E-state index >= 15 is 0 Å². The van der Waals surface area contributed by atoms with Gasteiger partial charge in [0.25, 0.3) is 5.91 Å². The number of aromatic nitrogens is 1. The topological polar surface area (TPSA) is 45.2 Å². The lowest BCUT2D eigenvalue weighted by molar-refractivity contribution is 0.0933. The van der Waals surface area contributed by atoms with E-state index in [1.165, 1.54) is 25.7 Å². The van der Waals surface area contributed by atoms with Crippen LogP contribution in [0, 0.1) is 0 Å². The molecule has 0 saturated carbocycles. The molecule has 2 rings (SSSR count). The molecule has 1 saturated heterocycles. The highest BCUT2D eigenvalue weighted by atomic mass is 79.9. The van der Waals surface area contributed by atoms with E-state index in [1.54, 1.807) is 18.5 Å². The molecular formula is C15H22BrN3O. The van der Waals surface area contributed by atoms with Crippen molar-refractivity contribution in [2.24, 2.45) is 0 Å². The number of carbonyl (C=O) groups excluding carboxylic acids is 1. The van der Waals surface area contributed by atoms with Gasteiger partial charge >= 0.3 is 0 Å². The molecule has 1 fully saturated rings. The van der Waals surface area contributed by atoms with Crippen molar-refractivity contribution in [1.29, 1.82) is 0 Å². The van der Waals surface area contributed by atoms with E-state index in [4.69, 9.17) is 0 Å². The summed E-state index contributed by atoms with van der Waals surface area (Å²) >= 11 is 3.33. The Balaban J connectivity index is 1.79. The molecule has 1 aromatic heterocycles. The number of rotatable bonds is 5. The molecule has 0 radical (unpaired) electrons. The maximum absolute atomic E-state index is 12.0. The van der Waals surface area contributed by atoms with Crippen LogP contribution in [0.2, 0.25) is 0 Å². The molecule has 4 nitrogen and oxygen atoms in total. The highest BCUT2D eigenvalue weighted by Crippen LogP contribution is 2.18. The highest BCUT2D eigenvalue weighted by molar-refractivity contribution is 9.10. The van der Waals surface area contributed by atoms with Crippen molar-refractivity contribution in [2.45, 2.75) is 38.6 Å². The Morgan fingerprint density at radius 2 is 2.35 bits per heavy atom. The van der Waals surface area contributed by atoms with Crippen molar-refractivity contribution in [3.8, 4) is 0 Å². The lowest BCUT2D eigenvalue weighted by atomic mass is 10.0. The minimum Gasteiger partial charge on any atom is -0.351 e. The highest BCUT2D eigenvalue weighted by Gasteiger charge is 2.20. The van der Waals surface area contributed by atoms with Crippen LogP contribution in [0.1, 0.15) is 43.0 Å². The second kappa shape index (κ2) is 7.74. The number of piperidine rings is 1. The molecule has 5 heteroatoms. The molecule has 0 bridgehead atoms. The van der Waals surface area contributed by atoms with Crippen LogP contribution in [0.15, 0.2) is 22.9 Å². The molecule has 0 aromatic carbocycles. The summed E-state index contributed by atoms with van der Waals surface area (Å²) in [5.74, 6) is -0.0520. The van der Waals surface area contributed by atoms with Crippen molar-refractivity contribution in [3.63, 3.8) is 0 Å². The number of likely N-dealkylation sites (tertiary alicyclic amines) is 1. The van der Waals surface area contributed by atoms with E-state index in [9.17, 15) is 4.79 Å². The Labute approximate surface area is 129 Å². The molecule has 1 atom stereocenters. The number of hydrogen-bond donors (Lipinski definition) is 1. The Morgan fingerprint density at radius 1 is 1.50 bits per heavy atom. The number of pyridine rings is 1. The molecular weight excluding hydrogens is 318 g/mol. The van der Waals surface area contributed by atoms with Crippen LogP contribution in [0.3, 0.4) is 0 Å². The quantitative estimate of drug-likeness (QED) is 0.897. The zero-order valence-corrected chi connectivity index (χ0v) is 13.5. The zero-order valence-electron chi connectivity index (χ0n) is 11.9. The maximum atomic E-state index is 12.0. The molecule has 20 heavy (non-hydrogen) atoms. The van der Waals surface area contributed by atoms with Gasteiger partial charge in [0.15, 0.2) is 0 Å². The van der Waals surface area contributed by atoms with Gasteiger partial charge in [-0.05, 0) is 47.8 Å². The van der Waals surface area contributed by atoms with Gasteiger partial charge in [0.2, 0.25) is 0 Å². The molecule has 1 aliphatic heterocycles. The summed E-state index contributed by atoms with van der Waals surface area (Å²) in [5, 5.41) is 2.98. The van der Waals surface area contributed by atoms with Gasteiger partial charge < -0.3 is 5.32 Å². The van der Waals surface area contributed by atoms with Crippen molar-refractivity contribution >= 4 is 21.8 Å². The molecule has 1 unspecified atom stereocenters. The first-order valence-corrected chi connectivity index (χ1v) is 8.13. The average molecular weight is 340 g/mol. The average Bonchev–Trinajstić information content (AvgIpc) is 2.47. The second-order valence-corrected chi connectivity index (χ2v) is 6.16. The SMILES string of the molecule is CCC1CCCCN1CCNC(=O)c1cncc(Br)c1. The normalized spacial score (nSPS) is 19.8. The van der Waals surface area contributed by atoms with Gasteiger partial charge in [0.05, 0.1) is 5.56 Å². The molecule has 2 heterocycles. The minimum absolute atomic E-state index is 0.0520. The molecule has 1 amide bonds. The first-order valence-electron chi connectivity index (χ1n) is 7.33. The zero-order chi connectivity index (χ0) is 14.4. The first-order chi connectivity index (χ1) is 9.70. The smallest absolute Gasteiger partial charge is 0.252 e. The first kappa shape index (κ1) is 15.4. The van der Waals surface area contributed by atoms with Crippen LogP contribution in [0.5, 0.6) is 0 Å². The van der Waals surface area contributed by atoms with E-state index < -0.39 is 0 Å². The van der Waals surface area contributed by atoms with E-state index in [1.807, 2.05) is 0 Å². The Bertz CT molecular complexity index is 452. The number of nitrogens with zero attached hydrogens (tertiary/aromatic N) is 2. The standard InChI is InChI=1S/C15H22BrN3O/c1-2-14-5-3-4-7-19(14)8-6-18-15(20)12-9-13(16)11-17-10-12/h9-11,14H,2-8H2,1H3,(H,18,20). The van der Waals surface area contributed by atoms with Crippen LogP contribution < -0.4 is 5.32 Å². The molecule has 1 N–H and O–H groups in total. The lowest BCUT2D eigenvalue weighted by Gasteiger charge is -2.35. The van der Waals surface area contributed by atoms with E-state index in [-0.39, 0.29) is 5.91 Å². The van der Waals surface area contributed by atoms with Crippen LogP contribution in [-0.4, -0.2) is 41.5 Å². The predicted octanol–water partition coefficient (Wildman–Crippen LogP) is 2.84. The fraction of sp³-hybridized carbons (Fsp3) is 0.600. The molecule has 0 aliphatic carbocycles. The third-order valence-corrected chi connectivity index (χ3v) is 4.31. The molecule has 110 valence electrons. The van der Waals surface area contributed by atoms with E-state index in [2.05, 4.69) is 38.1 Å². The minimum atomic E-state index is -0.0520. The second-order valence-electron chi connectivity index (χ2n) is 5.24. The predicted molar refractivity (Wildman–Crippen MR) is 83.8 cm³/mol. The van der Waals surface area contributed by atoms with E-state index in [0.717, 1.165) is 17.6 Å². The number of amides is 1. The third kappa shape index (κ3) is 4.28. The summed E-state index contributed by atoms with van der Waals surface area (Å²) in [6.07, 6.45) is 8.38. The van der Waals surface area contributed by atoms with Crippen molar-refractivity contribution in [1.82, 2.24) is 15.2 Å². The van der Waals surface area contributed by atoms with Gasteiger partial charge in [0, 0.05) is 36.0 Å². The van der Waals surface area contributed by atoms with Gasteiger partial charge in [-0.25, -0.2) is 0 Å². The van der Waals surface area contributed by atoms with Gasteiger partial charge in [0.1, 0.15) is 0 Å². The van der Waals surface area contributed by atoms with Crippen LogP contribution >= 0.6 is 15.9 Å². The summed E-state index contributed by atoms with van der Waals surface area (Å²) in [6.45, 7) is 5.04. The fourth-order valence-corrected chi connectivity index (χ4v) is 3.13. The Morgan fingerprint density at radius 3 is 3.10 bits per heavy atom. The summed E-state index contributed by atoms with van der Waals surface area (Å²) in [5.41, 5.74) is 0.602. The fourth-order valence-electron chi connectivity index (χ4n) is 2.77. The number of nitrogens with one attached hydrogen (secondary N) is 1. The summed E-state index contributed by atoms with van der Waals surface area (Å²) in [4.78, 5) is 18.5. The summed E-state index contributed by atoms with van der Waals surface area (Å²) < 4.78 is 0.826. The monoisotopic (exact) mass is 339 g/mol. The van der Waals surface area contributed by atoms with Gasteiger partial charge in [-0.1, -0.05) is 13.3 Å². The third-order valence-electron chi connectivity index (χ3n) is 3.87. The molecule has 1 aromatic rings. The van der Waals surface area contributed by atoms with Crippen molar-refractivity contribution < 1.29 is 4.79 Å². The Hall–Kier alpha value is -0.940. The molecule has 1 aliphatic rings.